The topological polar surface area (TPSA) is 77.8 Å². The van der Waals surface area contributed by atoms with E-state index in [-0.39, 0.29) is 11.1 Å². The highest BCUT2D eigenvalue weighted by molar-refractivity contribution is 5.87. The van der Waals surface area contributed by atoms with E-state index in [4.69, 9.17) is 10.2 Å². The molecular formula is C23H21NO4. The molecule has 0 aliphatic rings. The summed E-state index contributed by atoms with van der Waals surface area (Å²) in [4.78, 5) is 24.3. The van der Waals surface area contributed by atoms with Gasteiger partial charge in [0.2, 0.25) is 0 Å². The van der Waals surface area contributed by atoms with Crippen molar-refractivity contribution in [3.8, 4) is 0 Å². The van der Waals surface area contributed by atoms with E-state index in [0.29, 0.717) is 13.1 Å². The molecule has 0 spiro atoms. The van der Waals surface area contributed by atoms with Gasteiger partial charge in [-0.15, -0.1) is 0 Å². The molecule has 3 aromatic carbocycles. The van der Waals surface area contributed by atoms with E-state index in [1.54, 1.807) is 24.3 Å². The molecule has 0 atom stereocenters. The van der Waals surface area contributed by atoms with E-state index in [1.807, 2.05) is 42.5 Å². The summed E-state index contributed by atoms with van der Waals surface area (Å²) < 4.78 is 0. The number of rotatable bonds is 8. The van der Waals surface area contributed by atoms with Crippen LogP contribution in [0.1, 0.15) is 37.4 Å². The zero-order valence-electron chi connectivity index (χ0n) is 15.3. The summed E-state index contributed by atoms with van der Waals surface area (Å²) in [5.74, 6) is -1.88. The van der Waals surface area contributed by atoms with Gasteiger partial charge in [-0.05, 0) is 41.0 Å². The van der Waals surface area contributed by atoms with Crippen LogP contribution >= 0.6 is 0 Å². The van der Waals surface area contributed by atoms with E-state index in [0.717, 1.165) is 17.7 Å². The fraction of sp³-hybridized carbons (Fsp3) is 0.130. The molecule has 0 amide bonds. The first-order valence-electron chi connectivity index (χ1n) is 8.92. The molecule has 0 unspecified atom stereocenters. The van der Waals surface area contributed by atoms with E-state index >= 15 is 0 Å². The lowest BCUT2D eigenvalue weighted by molar-refractivity contribution is 0.0686. The van der Waals surface area contributed by atoms with Crippen molar-refractivity contribution in [2.24, 2.45) is 0 Å². The number of nitrogens with zero attached hydrogens (tertiary/aromatic N) is 1. The Bertz CT molecular complexity index is 875. The van der Waals surface area contributed by atoms with Crippen molar-refractivity contribution >= 4 is 11.9 Å². The van der Waals surface area contributed by atoms with E-state index in [9.17, 15) is 9.59 Å². The van der Waals surface area contributed by atoms with Gasteiger partial charge in [0, 0.05) is 19.6 Å². The Morgan fingerprint density at radius 2 is 0.929 bits per heavy atom. The highest BCUT2D eigenvalue weighted by Gasteiger charge is 2.10. The Kier molecular flexibility index (Phi) is 6.19. The molecule has 142 valence electrons. The predicted molar refractivity (Wildman–Crippen MR) is 106 cm³/mol. The Hall–Kier alpha value is -3.44. The summed E-state index contributed by atoms with van der Waals surface area (Å²) in [6.45, 7) is 2.02. The van der Waals surface area contributed by atoms with E-state index in [1.165, 1.54) is 5.56 Å². The van der Waals surface area contributed by atoms with Crippen molar-refractivity contribution in [2.75, 3.05) is 0 Å². The van der Waals surface area contributed by atoms with Crippen LogP contribution in [0.15, 0.2) is 78.9 Å². The van der Waals surface area contributed by atoms with Gasteiger partial charge in [-0.25, -0.2) is 9.59 Å². The van der Waals surface area contributed by atoms with Crippen LogP contribution in [-0.2, 0) is 19.6 Å². The second-order valence-corrected chi connectivity index (χ2v) is 6.63. The molecule has 5 nitrogen and oxygen atoms in total. The van der Waals surface area contributed by atoms with Gasteiger partial charge in [0.1, 0.15) is 0 Å². The van der Waals surface area contributed by atoms with Crippen molar-refractivity contribution < 1.29 is 19.8 Å². The quantitative estimate of drug-likeness (QED) is 0.614. The molecule has 3 rings (SSSR count). The molecule has 0 bridgehead atoms. The second kappa shape index (κ2) is 8.97. The highest BCUT2D eigenvalue weighted by atomic mass is 16.4. The van der Waals surface area contributed by atoms with E-state index in [2.05, 4.69) is 17.0 Å². The summed E-state index contributed by atoms with van der Waals surface area (Å²) in [5, 5.41) is 18.1. The van der Waals surface area contributed by atoms with Crippen molar-refractivity contribution in [3.63, 3.8) is 0 Å². The Morgan fingerprint density at radius 1 is 0.571 bits per heavy atom. The van der Waals surface area contributed by atoms with Crippen LogP contribution in [0.3, 0.4) is 0 Å². The minimum Gasteiger partial charge on any atom is -0.478 e. The largest absolute Gasteiger partial charge is 0.478 e. The first-order valence-corrected chi connectivity index (χ1v) is 8.92. The van der Waals surface area contributed by atoms with Gasteiger partial charge in [-0.3, -0.25) is 4.90 Å². The monoisotopic (exact) mass is 375 g/mol. The fourth-order valence-electron chi connectivity index (χ4n) is 3.03. The van der Waals surface area contributed by atoms with E-state index < -0.39 is 11.9 Å². The molecule has 0 saturated carbocycles. The highest BCUT2D eigenvalue weighted by Crippen LogP contribution is 2.16. The number of carbonyl (C=O) groups is 2. The molecule has 0 radical (unpaired) electrons. The summed E-state index contributed by atoms with van der Waals surface area (Å²) in [7, 11) is 0. The second-order valence-electron chi connectivity index (χ2n) is 6.63. The zero-order valence-corrected chi connectivity index (χ0v) is 15.3. The van der Waals surface area contributed by atoms with Crippen LogP contribution < -0.4 is 0 Å². The average molecular weight is 375 g/mol. The molecule has 28 heavy (non-hydrogen) atoms. The van der Waals surface area contributed by atoms with Crippen LogP contribution in [0, 0.1) is 0 Å². The SMILES string of the molecule is O=C(O)c1ccc(CN(Cc2ccccc2)Cc2ccc(C(=O)O)cc2)cc1. The minimum atomic E-state index is -0.939. The van der Waals surface area contributed by atoms with Crippen LogP contribution in [0.5, 0.6) is 0 Å². The lowest BCUT2D eigenvalue weighted by Gasteiger charge is -2.23. The standard InChI is InChI=1S/C23H21NO4/c25-22(26)20-10-6-18(7-11-20)15-24(14-17-4-2-1-3-5-17)16-19-8-12-21(13-9-19)23(27)28/h1-13H,14-16H2,(H,25,26)(H,27,28). The smallest absolute Gasteiger partial charge is 0.335 e. The van der Waals surface area contributed by atoms with Gasteiger partial charge in [0.15, 0.2) is 0 Å². The van der Waals surface area contributed by atoms with Crippen LogP contribution in [-0.4, -0.2) is 27.1 Å². The molecular weight excluding hydrogens is 354 g/mol. The number of hydrogen-bond donors (Lipinski definition) is 2. The number of hydrogen-bond acceptors (Lipinski definition) is 3. The Labute approximate surface area is 163 Å². The van der Waals surface area contributed by atoms with Crippen molar-refractivity contribution in [1.29, 1.82) is 0 Å². The third-order valence-corrected chi connectivity index (χ3v) is 4.46. The maximum absolute atomic E-state index is 11.0. The minimum absolute atomic E-state index is 0.266. The van der Waals surface area contributed by atoms with Crippen LogP contribution in [0.2, 0.25) is 0 Å². The fourth-order valence-corrected chi connectivity index (χ4v) is 3.03. The van der Waals surface area contributed by atoms with Crippen molar-refractivity contribution in [1.82, 2.24) is 4.90 Å². The van der Waals surface area contributed by atoms with Gasteiger partial charge in [-0.1, -0.05) is 54.6 Å². The van der Waals surface area contributed by atoms with Gasteiger partial charge >= 0.3 is 11.9 Å². The summed E-state index contributed by atoms with van der Waals surface area (Å²) in [6.07, 6.45) is 0. The molecule has 5 heteroatoms. The molecule has 0 aliphatic carbocycles. The third-order valence-electron chi connectivity index (χ3n) is 4.46. The maximum Gasteiger partial charge on any atom is 0.335 e. The molecule has 0 saturated heterocycles. The molecule has 2 N–H and O–H groups in total. The average Bonchev–Trinajstić information content (AvgIpc) is 2.69. The van der Waals surface area contributed by atoms with Gasteiger partial charge in [0.25, 0.3) is 0 Å². The molecule has 0 heterocycles. The number of carboxylic acid groups (broad SMARTS) is 2. The van der Waals surface area contributed by atoms with Crippen LogP contribution in [0.4, 0.5) is 0 Å². The first-order chi connectivity index (χ1) is 13.5. The first kappa shape index (κ1) is 19.3. The zero-order chi connectivity index (χ0) is 19.9. The summed E-state index contributed by atoms with van der Waals surface area (Å²) >= 11 is 0. The molecule has 3 aromatic rings. The molecule has 0 fully saturated rings. The third kappa shape index (κ3) is 5.28. The van der Waals surface area contributed by atoms with Gasteiger partial charge in [-0.2, -0.15) is 0 Å². The normalized spacial score (nSPS) is 10.8. The number of carboxylic acids is 2. The predicted octanol–water partition coefficient (Wildman–Crippen LogP) is 4.29. The van der Waals surface area contributed by atoms with Crippen molar-refractivity contribution in [2.45, 2.75) is 19.6 Å². The lowest BCUT2D eigenvalue weighted by atomic mass is 10.1. The van der Waals surface area contributed by atoms with Crippen LogP contribution in [0.25, 0.3) is 0 Å². The Balaban J connectivity index is 1.77. The summed E-state index contributed by atoms with van der Waals surface area (Å²) in [6, 6.07) is 23.9. The number of benzene rings is 3. The van der Waals surface area contributed by atoms with Gasteiger partial charge < -0.3 is 10.2 Å². The summed E-state index contributed by atoms with van der Waals surface area (Å²) in [5.41, 5.74) is 3.74. The van der Waals surface area contributed by atoms with Gasteiger partial charge in [0.05, 0.1) is 11.1 Å². The molecule has 0 aromatic heterocycles. The van der Waals surface area contributed by atoms with Crippen molar-refractivity contribution in [3.05, 3.63) is 107 Å². The maximum atomic E-state index is 11.0. The lowest BCUT2D eigenvalue weighted by Crippen LogP contribution is -2.22. The number of aromatic carboxylic acids is 2. The Morgan fingerprint density at radius 3 is 1.29 bits per heavy atom. The molecule has 0 aliphatic heterocycles.